The molecular weight excluding hydrogens is 139 g/mol. The van der Waals surface area contributed by atoms with E-state index in [1.54, 1.807) is 0 Å². The molecule has 0 unspecified atom stereocenters. The first-order valence-electron chi connectivity index (χ1n) is 1.61. The van der Waals surface area contributed by atoms with E-state index < -0.39 is 15.9 Å². The zero-order valence-electron chi connectivity index (χ0n) is 4.62. The molecule has 0 aliphatic heterocycles. The fraction of sp³-hybridized carbons (Fsp3) is 0.333. The van der Waals surface area contributed by atoms with Gasteiger partial charge in [-0.1, -0.05) is 6.08 Å². The standard InChI is InChI=1S/C3H6O3S.Na/c1-2-3-7(4,5)6;/h2H,1,3H2,(H,4,5,6);/p-1. The maximum absolute atomic E-state index is 9.60. The number of hydrogen-bond donors (Lipinski definition) is 0. The van der Waals surface area contributed by atoms with Gasteiger partial charge in [0.15, 0.2) is 0 Å². The van der Waals surface area contributed by atoms with Crippen LogP contribution in [-0.4, -0.2) is 48.3 Å². The van der Waals surface area contributed by atoms with Crippen LogP contribution in [0, 0.1) is 0 Å². The van der Waals surface area contributed by atoms with E-state index in [-0.39, 0.29) is 29.6 Å². The Balaban J connectivity index is 0. The molecule has 43 valence electrons. The summed E-state index contributed by atoms with van der Waals surface area (Å²) in [6.07, 6.45) is 1.06. The Morgan fingerprint density at radius 2 is 2.00 bits per heavy atom. The number of rotatable bonds is 2. The first kappa shape index (κ1) is 11.4. The molecule has 8 heavy (non-hydrogen) atoms. The van der Waals surface area contributed by atoms with Crippen molar-refractivity contribution in [2.45, 2.75) is 0 Å². The molecule has 3 nitrogen and oxygen atoms in total. The molecule has 0 aliphatic rings. The monoisotopic (exact) mass is 144 g/mol. The van der Waals surface area contributed by atoms with Crippen LogP contribution in [0.25, 0.3) is 0 Å². The summed E-state index contributed by atoms with van der Waals surface area (Å²) in [6.45, 7) is 3.07. The predicted octanol–water partition coefficient (Wildman–Crippen LogP) is -0.663. The van der Waals surface area contributed by atoms with Gasteiger partial charge in [0.2, 0.25) is 0 Å². The predicted molar refractivity (Wildman–Crippen MR) is 30.5 cm³/mol. The molecular formula is C3H5NaO3S-. The van der Waals surface area contributed by atoms with E-state index in [4.69, 9.17) is 0 Å². The third-order valence-electron chi connectivity index (χ3n) is 0.322. The van der Waals surface area contributed by atoms with Crippen LogP contribution in [-0.2, 0) is 10.1 Å². The average molecular weight is 144 g/mol. The summed E-state index contributed by atoms with van der Waals surface area (Å²) in [5, 5.41) is 0. The van der Waals surface area contributed by atoms with E-state index in [2.05, 4.69) is 6.58 Å². The van der Waals surface area contributed by atoms with Crippen LogP contribution in [0.3, 0.4) is 0 Å². The minimum absolute atomic E-state index is 0. The zero-order valence-corrected chi connectivity index (χ0v) is 7.44. The summed E-state index contributed by atoms with van der Waals surface area (Å²) < 4.78 is 28.8. The molecule has 0 atom stereocenters. The van der Waals surface area contributed by atoms with Gasteiger partial charge in [-0.05, 0) is 0 Å². The third kappa shape index (κ3) is 9.82. The zero-order chi connectivity index (χ0) is 5.91. The molecule has 0 bridgehead atoms. The minimum atomic E-state index is -4.04. The first-order valence-corrected chi connectivity index (χ1v) is 3.18. The molecule has 5 heteroatoms. The van der Waals surface area contributed by atoms with Gasteiger partial charge in [-0.15, -0.1) is 6.58 Å². The first-order chi connectivity index (χ1) is 3.06. The summed E-state index contributed by atoms with van der Waals surface area (Å²) in [5.74, 6) is -0.479. The van der Waals surface area contributed by atoms with Crippen LogP contribution >= 0.6 is 0 Å². The van der Waals surface area contributed by atoms with Crippen molar-refractivity contribution in [2.75, 3.05) is 5.75 Å². The SMILES string of the molecule is C=CCS(=O)(=O)[O-].[Na]. The molecule has 0 amide bonds. The molecule has 0 heterocycles. The molecule has 0 fully saturated rings. The van der Waals surface area contributed by atoms with Gasteiger partial charge in [0, 0.05) is 29.6 Å². The Bertz CT molecular complexity index is 148. The summed E-state index contributed by atoms with van der Waals surface area (Å²) in [4.78, 5) is 0. The summed E-state index contributed by atoms with van der Waals surface area (Å²) in [5.41, 5.74) is 0. The maximum atomic E-state index is 9.60. The smallest absolute Gasteiger partial charge is 0.0982 e. The van der Waals surface area contributed by atoms with Gasteiger partial charge >= 0.3 is 0 Å². The minimum Gasteiger partial charge on any atom is -0.748 e. The molecule has 0 aromatic rings. The Kier molecular flexibility index (Phi) is 6.47. The van der Waals surface area contributed by atoms with Gasteiger partial charge in [-0.2, -0.15) is 0 Å². The second-order valence-corrected chi connectivity index (χ2v) is 2.46. The quantitative estimate of drug-likeness (QED) is 0.293. The molecule has 0 aromatic carbocycles. The van der Waals surface area contributed by atoms with E-state index in [9.17, 15) is 13.0 Å². The van der Waals surface area contributed by atoms with Crippen LogP contribution < -0.4 is 0 Å². The Hall–Kier alpha value is 0.650. The van der Waals surface area contributed by atoms with Crippen LogP contribution in [0.5, 0.6) is 0 Å². The van der Waals surface area contributed by atoms with E-state index in [1.165, 1.54) is 0 Å². The molecule has 0 aromatic heterocycles. The van der Waals surface area contributed by atoms with Crippen molar-refractivity contribution in [1.82, 2.24) is 0 Å². The van der Waals surface area contributed by atoms with Crippen molar-refractivity contribution in [3.05, 3.63) is 12.7 Å². The van der Waals surface area contributed by atoms with Crippen molar-refractivity contribution in [1.29, 1.82) is 0 Å². The topological polar surface area (TPSA) is 57.2 Å². The van der Waals surface area contributed by atoms with Gasteiger partial charge < -0.3 is 4.55 Å². The second-order valence-electron chi connectivity index (χ2n) is 1.01. The average Bonchev–Trinajstić information content (AvgIpc) is 1.30. The van der Waals surface area contributed by atoms with Crippen molar-refractivity contribution in [2.24, 2.45) is 0 Å². The molecule has 0 aliphatic carbocycles. The Labute approximate surface area is 70.8 Å². The van der Waals surface area contributed by atoms with Crippen LogP contribution in [0.1, 0.15) is 0 Å². The molecule has 0 N–H and O–H groups in total. The van der Waals surface area contributed by atoms with Gasteiger partial charge in [0.1, 0.15) is 0 Å². The molecule has 0 saturated carbocycles. The normalized spacial score (nSPS) is 9.62. The van der Waals surface area contributed by atoms with Crippen molar-refractivity contribution in [3.8, 4) is 0 Å². The van der Waals surface area contributed by atoms with Crippen LogP contribution in [0.15, 0.2) is 12.7 Å². The molecule has 1 radical (unpaired) electrons. The van der Waals surface area contributed by atoms with E-state index in [0.29, 0.717) is 0 Å². The largest absolute Gasteiger partial charge is 0.748 e. The fourth-order valence-corrected chi connectivity index (χ4v) is 0.433. The summed E-state index contributed by atoms with van der Waals surface area (Å²) >= 11 is 0. The van der Waals surface area contributed by atoms with Crippen molar-refractivity contribution < 1.29 is 13.0 Å². The second kappa shape index (κ2) is 4.52. The molecule has 0 saturated heterocycles. The van der Waals surface area contributed by atoms with Crippen LogP contribution in [0.2, 0.25) is 0 Å². The fourth-order valence-electron chi connectivity index (χ4n) is 0.144. The maximum Gasteiger partial charge on any atom is 0.0982 e. The van der Waals surface area contributed by atoms with E-state index in [1.807, 2.05) is 0 Å². The summed E-state index contributed by atoms with van der Waals surface area (Å²) in [7, 11) is -4.04. The van der Waals surface area contributed by atoms with Crippen molar-refractivity contribution in [3.63, 3.8) is 0 Å². The van der Waals surface area contributed by atoms with Gasteiger partial charge in [-0.3, -0.25) is 0 Å². The number of hydrogen-bond acceptors (Lipinski definition) is 3. The van der Waals surface area contributed by atoms with Gasteiger partial charge in [0.25, 0.3) is 0 Å². The van der Waals surface area contributed by atoms with Gasteiger partial charge in [0.05, 0.1) is 15.9 Å². The Morgan fingerprint density at radius 3 is 2.00 bits per heavy atom. The van der Waals surface area contributed by atoms with Crippen molar-refractivity contribution >= 4 is 39.7 Å². The summed E-state index contributed by atoms with van der Waals surface area (Å²) in [6, 6.07) is 0. The van der Waals surface area contributed by atoms with Gasteiger partial charge in [-0.25, -0.2) is 8.42 Å². The Morgan fingerprint density at radius 1 is 1.62 bits per heavy atom. The third-order valence-corrected chi connectivity index (χ3v) is 0.966. The molecule has 0 spiro atoms. The van der Waals surface area contributed by atoms with Crippen LogP contribution in [0.4, 0.5) is 0 Å². The van der Waals surface area contributed by atoms with E-state index in [0.717, 1.165) is 6.08 Å². The molecule has 0 rings (SSSR count). The van der Waals surface area contributed by atoms with E-state index >= 15 is 0 Å².